The molecular formula is C22H32N4O3S2. The molecule has 1 aliphatic rings. The van der Waals surface area contributed by atoms with Crippen molar-refractivity contribution in [3.05, 3.63) is 21.8 Å². The third kappa shape index (κ3) is 6.10. The van der Waals surface area contributed by atoms with E-state index in [-0.39, 0.29) is 11.7 Å². The number of nitrogens with one attached hydrogen (secondary N) is 1. The van der Waals surface area contributed by atoms with Gasteiger partial charge in [0.1, 0.15) is 10.8 Å². The van der Waals surface area contributed by atoms with Gasteiger partial charge in [-0.25, -0.2) is 4.79 Å². The van der Waals surface area contributed by atoms with Crippen LogP contribution in [0.1, 0.15) is 72.1 Å². The number of esters is 1. The van der Waals surface area contributed by atoms with Crippen molar-refractivity contribution < 1.29 is 14.3 Å². The molecule has 1 fully saturated rings. The number of aromatic nitrogens is 3. The average Bonchev–Trinajstić information content (AvgIpc) is 3.24. The molecule has 1 aliphatic carbocycles. The van der Waals surface area contributed by atoms with Gasteiger partial charge in [-0.1, -0.05) is 43.9 Å². The van der Waals surface area contributed by atoms with E-state index in [1.165, 1.54) is 55.2 Å². The van der Waals surface area contributed by atoms with Crippen LogP contribution in [-0.2, 0) is 23.0 Å². The number of anilines is 1. The minimum absolute atomic E-state index is 0.177. The highest BCUT2D eigenvalue weighted by Gasteiger charge is 2.22. The molecule has 0 radical (unpaired) electrons. The van der Waals surface area contributed by atoms with E-state index in [0.29, 0.717) is 17.2 Å². The molecule has 0 bridgehead atoms. The van der Waals surface area contributed by atoms with Crippen molar-refractivity contribution >= 4 is 40.0 Å². The number of carbonyl (C=O) groups excluding carboxylic acids is 2. The van der Waals surface area contributed by atoms with Crippen molar-refractivity contribution in [3.63, 3.8) is 0 Å². The van der Waals surface area contributed by atoms with Crippen LogP contribution in [0.5, 0.6) is 0 Å². The molecule has 2 heterocycles. The summed E-state index contributed by atoms with van der Waals surface area (Å²) in [5.41, 5.74) is 1.30. The molecule has 1 N–H and O–H groups in total. The third-order valence-corrected chi connectivity index (χ3v) is 8.02. The molecular weight excluding hydrogens is 432 g/mol. The van der Waals surface area contributed by atoms with Crippen LogP contribution >= 0.6 is 23.1 Å². The highest BCUT2D eigenvalue weighted by molar-refractivity contribution is 7.99. The number of nitrogens with zero attached hydrogens (tertiary/aromatic N) is 3. The van der Waals surface area contributed by atoms with Crippen LogP contribution in [0.4, 0.5) is 5.00 Å². The molecule has 7 nitrogen and oxygen atoms in total. The van der Waals surface area contributed by atoms with Gasteiger partial charge in [-0.05, 0) is 38.7 Å². The predicted octanol–water partition coefficient (Wildman–Crippen LogP) is 4.91. The second kappa shape index (κ2) is 11.1. The summed E-state index contributed by atoms with van der Waals surface area (Å²) in [7, 11) is 1.96. The molecule has 0 aliphatic heterocycles. The molecule has 170 valence electrons. The molecule has 31 heavy (non-hydrogen) atoms. The summed E-state index contributed by atoms with van der Waals surface area (Å²) in [5, 5.41) is 12.8. The zero-order valence-corrected chi connectivity index (χ0v) is 20.5. The quantitative estimate of drug-likeness (QED) is 0.419. The summed E-state index contributed by atoms with van der Waals surface area (Å²) >= 11 is 2.76. The number of thioether (sulfide) groups is 1. The van der Waals surface area contributed by atoms with E-state index in [1.807, 2.05) is 25.5 Å². The van der Waals surface area contributed by atoms with Crippen LogP contribution in [0.25, 0.3) is 0 Å². The Morgan fingerprint density at radius 3 is 2.68 bits per heavy atom. The Balaban J connectivity index is 1.55. The van der Waals surface area contributed by atoms with Gasteiger partial charge in [-0.15, -0.1) is 21.5 Å². The van der Waals surface area contributed by atoms with Crippen molar-refractivity contribution in [3.8, 4) is 0 Å². The largest absolute Gasteiger partial charge is 0.462 e. The third-order valence-electron chi connectivity index (χ3n) is 5.88. The molecule has 2 aromatic heterocycles. The standard InChI is InChI=1S/C22H32N4O3S2/c1-5-29-21(28)19-14(2)15(3)31-20(19)23-18(27)13-30-22-25-24-17(26(22)4)12-11-16-9-7-6-8-10-16/h16H,5-13H2,1-4H3,(H,23,27). The first-order chi connectivity index (χ1) is 14.9. The maximum Gasteiger partial charge on any atom is 0.341 e. The van der Waals surface area contributed by atoms with E-state index in [1.54, 1.807) is 6.92 Å². The van der Waals surface area contributed by atoms with Crippen LogP contribution in [0.2, 0.25) is 0 Å². The van der Waals surface area contributed by atoms with Crippen LogP contribution in [-0.4, -0.2) is 39.0 Å². The molecule has 1 saturated carbocycles. The molecule has 9 heteroatoms. The smallest absolute Gasteiger partial charge is 0.341 e. The lowest BCUT2D eigenvalue weighted by molar-refractivity contribution is -0.113. The number of aryl methyl sites for hydroxylation is 2. The number of ether oxygens (including phenoxy) is 1. The Labute approximate surface area is 192 Å². The van der Waals surface area contributed by atoms with Gasteiger partial charge in [-0.2, -0.15) is 0 Å². The molecule has 0 aromatic carbocycles. The molecule has 2 aromatic rings. The van der Waals surface area contributed by atoms with Gasteiger partial charge in [0, 0.05) is 18.3 Å². The van der Waals surface area contributed by atoms with Gasteiger partial charge in [0.05, 0.1) is 17.9 Å². The zero-order valence-electron chi connectivity index (χ0n) is 18.8. The van der Waals surface area contributed by atoms with Crippen LogP contribution in [0, 0.1) is 19.8 Å². The summed E-state index contributed by atoms with van der Waals surface area (Å²) in [4.78, 5) is 25.8. The zero-order chi connectivity index (χ0) is 22.4. The SMILES string of the molecule is CCOC(=O)c1c(NC(=O)CSc2nnc(CCC3CCCCC3)n2C)sc(C)c1C. The fourth-order valence-electron chi connectivity index (χ4n) is 3.95. The van der Waals surface area contributed by atoms with E-state index in [0.717, 1.165) is 40.2 Å². The van der Waals surface area contributed by atoms with Crippen LogP contribution < -0.4 is 5.32 Å². The molecule has 1 amide bonds. The molecule has 3 rings (SSSR count). The first kappa shape index (κ1) is 23.8. The average molecular weight is 465 g/mol. The van der Waals surface area contributed by atoms with Gasteiger partial charge < -0.3 is 14.6 Å². The highest BCUT2D eigenvalue weighted by Crippen LogP contribution is 2.33. The van der Waals surface area contributed by atoms with Gasteiger partial charge in [-0.3, -0.25) is 4.79 Å². The monoisotopic (exact) mass is 464 g/mol. The minimum Gasteiger partial charge on any atom is -0.462 e. The maximum absolute atomic E-state index is 12.6. The summed E-state index contributed by atoms with van der Waals surface area (Å²) in [6.07, 6.45) is 8.81. The topological polar surface area (TPSA) is 86.1 Å². The second-order valence-corrected chi connectivity index (χ2v) is 10.2. The summed E-state index contributed by atoms with van der Waals surface area (Å²) in [6.45, 7) is 5.87. The van der Waals surface area contributed by atoms with E-state index >= 15 is 0 Å². The van der Waals surface area contributed by atoms with Crippen LogP contribution in [0.3, 0.4) is 0 Å². The Kier molecular flexibility index (Phi) is 8.54. The van der Waals surface area contributed by atoms with Crippen molar-refractivity contribution in [1.82, 2.24) is 14.8 Å². The van der Waals surface area contributed by atoms with Gasteiger partial charge >= 0.3 is 5.97 Å². The van der Waals surface area contributed by atoms with Crippen molar-refractivity contribution in [2.24, 2.45) is 13.0 Å². The minimum atomic E-state index is -0.400. The summed E-state index contributed by atoms with van der Waals surface area (Å²) in [5.74, 6) is 1.40. The number of hydrogen-bond acceptors (Lipinski definition) is 7. The second-order valence-electron chi connectivity index (χ2n) is 8.05. The Hall–Kier alpha value is -1.87. The lowest BCUT2D eigenvalue weighted by atomic mass is 9.86. The number of rotatable bonds is 9. The normalized spacial score (nSPS) is 14.6. The van der Waals surface area contributed by atoms with E-state index in [4.69, 9.17) is 4.74 Å². The number of thiophene rings is 1. The highest BCUT2D eigenvalue weighted by atomic mass is 32.2. The Bertz CT molecular complexity index is 916. The Morgan fingerprint density at radius 1 is 1.23 bits per heavy atom. The van der Waals surface area contributed by atoms with Gasteiger partial charge in [0.2, 0.25) is 5.91 Å². The lowest BCUT2D eigenvalue weighted by Gasteiger charge is -2.20. The lowest BCUT2D eigenvalue weighted by Crippen LogP contribution is -2.16. The van der Waals surface area contributed by atoms with Gasteiger partial charge in [0.15, 0.2) is 5.16 Å². The van der Waals surface area contributed by atoms with Crippen molar-refractivity contribution in [2.75, 3.05) is 17.7 Å². The maximum atomic E-state index is 12.6. The molecule has 0 spiro atoms. The first-order valence-electron chi connectivity index (χ1n) is 11.0. The van der Waals surface area contributed by atoms with E-state index in [9.17, 15) is 9.59 Å². The van der Waals surface area contributed by atoms with Crippen molar-refractivity contribution in [1.29, 1.82) is 0 Å². The fraction of sp³-hybridized carbons (Fsp3) is 0.636. The van der Waals surface area contributed by atoms with Crippen molar-refractivity contribution in [2.45, 2.75) is 70.9 Å². The summed E-state index contributed by atoms with van der Waals surface area (Å²) in [6, 6.07) is 0. The van der Waals surface area contributed by atoms with Crippen LogP contribution in [0.15, 0.2) is 5.16 Å². The number of amides is 1. The number of hydrogen-bond donors (Lipinski definition) is 1. The Morgan fingerprint density at radius 2 is 1.97 bits per heavy atom. The first-order valence-corrected chi connectivity index (χ1v) is 12.8. The predicted molar refractivity (Wildman–Crippen MR) is 125 cm³/mol. The van der Waals surface area contributed by atoms with E-state index in [2.05, 4.69) is 15.5 Å². The van der Waals surface area contributed by atoms with E-state index < -0.39 is 5.97 Å². The summed E-state index contributed by atoms with van der Waals surface area (Å²) < 4.78 is 7.14. The van der Waals surface area contributed by atoms with Gasteiger partial charge in [0.25, 0.3) is 0 Å². The fourth-order valence-corrected chi connectivity index (χ4v) is 5.75. The molecule has 0 unspecified atom stereocenters. The number of carbonyl (C=O) groups is 2. The molecule has 0 saturated heterocycles. The molecule has 0 atom stereocenters.